The first-order chi connectivity index (χ1) is 25.1. The van der Waals surface area contributed by atoms with Crippen molar-refractivity contribution in [2.24, 2.45) is 0 Å². The highest BCUT2D eigenvalue weighted by Crippen LogP contribution is 2.50. The van der Waals surface area contributed by atoms with Crippen LogP contribution in [0.3, 0.4) is 0 Å². The van der Waals surface area contributed by atoms with Crippen LogP contribution in [0.2, 0.25) is 0 Å². The van der Waals surface area contributed by atoms with Gasteiger partial charge in [0.25, 0.3) is 11.8 Å². The van der Waals surface area contributed by atoms with Crippen LogP contribution in [0.5, 0.6) is 0 Å². The maximum atomic E-state index is 14.2. The van der Waals surface area contributed by atoms with Crippen LogP contribution in [0.1, 0.15) is 32.0 Å². The third-order valence-electron chi connectivity index (χ3n) is 9.69. The fourth-order valence-electron chi connectivity index (χ4n) is 6.84. The van der Waals surface area contributed by atoms with Gasteiger partial charge in [0.15, 0.2) is 0 Å². The zero-order valence-corrected chi connectivity index (χ0v) is 31.6. The Morgan fingerprint density at radius 1 is 0.404 bits per heavy atom. The number of likely N-dealkylation sites (N-methyl/N-ethyl adjacent to an activating group) is 2. The predicted octanol–water partition coefficient (Wildman–Crippen LogP) is 11.0. The number of amides is 2. The van der Waals surface area contributed by atoms with E-state index in [9.17, 15) is 9.59 Å². The zero-order valence-electron chi connectivity index (χ0n) is 30.0. The first-order valence-electron chi connectivity index (χ1n) is 17.2. The smallest absolute Gasteiger partial charge is 0.261 e. The van der Waals surface area contributed by atoms with Gasteiger partial charge in [0.05, 0.1) is 32.3 Å². The molecule has 0 saturated heterocycles. The lowest BCUT2D eigenvalue weighted by Crippen LogP contribution is -2.24. The highest BCUT2D eigenvalue weighted by atomic mass is 32.1. The van der Waals surface area contributed by atoms with Crippen molar-refractivity contribution in [3.05, 3.63) is 164 Å². The Balaban J connectivity index is 1.21. The van der Waals surface area contributed by atoms with Crippen LogP contribution in [-0.2, 0) is 9.59 Å². The van der Waals surface area contributed by atoms with Crippen molar-refractivity contribution in [3.8, 4) is 0 Å². The van der Waals surface area contributed by atoms with E-state index in [4.69, 9.17) is 0 Å². The van der Waals surface area contributed by atoms with Gasteiger partial charge in [-0.2, -0.15) is 0 Å². The quantitative estimate of drug-likeness (QED) is 0.157. The Hall–Kier alpha value is -5.70. The molecule has 0 atom stereocenters. The number of hydrogen-bond donors (Lipinski definition) is 0. The summed E-state index contributed by atoms with van der Waals surface area (Å²) >= 11 is 3.15. The second kappa shape index (κ2) is 13.1. The molecule has 0 saturated carbocycles. The van der Waals surface area contributed by atoms with Crippen molar-refractivity contribution in [3.63, 3.8) is 0 Å². The zero-order chi connectivity index (χ0) is 36.3. The second-order valence-electron chi connectivity index (χ2n) is 13.5. The molecule has 0 unspecified atom stereocenters. The van der Waals surface area contributed by atoms with Crippen molar-refractivity contribution in [2.45, 2.75) is 27.7 Å². The molecule has 2 aliphatic rings. The van der Waals surface area contributed by atoms with Crippen LogP contribution in [0.25, 0.3) is 11.4 Å². The Morgan fingerprint density at radius 3 is 0.942 bits per heavy atom. The van der Waals surface area contributed by atoms with E-state index in [-0.39, 0.29) is 11.8 Å². The Morgan fingerprint density at radius 2 is 0.673 bits per heavy atom. The molecule has 8 rings (SSSR count). The minimum absolute atomic E-state index is 0.176. The molecule has 4 aromatic carbocycles. The SMILES string of the molecule is Cc1ccc(N(c2ccc(C)cc2)c2ccc(C3=C4C(=O)N(C)C(c5ccc(N(c6ccc(C)cc6)c6ccc(C)cc6)s5)=C4C(=O)N3C)s2)cc1. The molecule has 0 radical (unpaired) electrons. The fraction of sp³-hybridized carbons (Fsp3) is 0.136. The molecule has 6 nitrogen and oxygen atoms in total. The second-order valence-corrected chi connectivity index (χ2v) is 15.6. The lowest BCUT2D eigenvalue weighted by atomic mass is 10.1. The van der Waals surface area contributed by atoms with Gasteiger partial charge in [-0.1, -0.05) is 70.8 Å². The monoisotopic (exact) mass is 718 g/mol. The number of aryl methyl sites for hydroxylation is 4. The van der Waals surface area contributed by atoms with Crippen molar-refractivity contribution in [2.75, 3.05) is 23.9 Å². The van der Waals surface area contributed by atoms with E-state index >= 15 is 0 Å². The summed E-state index contributed by atoms with van der Waals surface area (Å²) in [5.41, 5.74) is 11.1. The average molecular weight is 719 g/mol. The summed E-state index contributed by atoms with van der Waals surface area (Å²) < 4.78 is 0. The summed E-state index contributed by atoms with van der Waals surface area (Å²) in [5.74, 6) is -0.351. The summed E-state index contributed by atoms with van der Waals surface area (Å²) in [6, 6.07) is 42.1. The standard InChI is InChI=1S/C44H38N4O2S2/c1-27-7-15-31(16-8-27)47(32-17-9-28(2)10-18-32)37-25-23-35(51-37)41-39-40(44(50)45(41)5)42(46(6)43(39)49)36-24-26-38(52-36)48(33-19-11-29(3)12-20-33)34-21-13-30(4)14-22-34/h7-26H,1-6H3. The number of nitrogens with zero attached hydrogens (tertiary/aromatic N) is 4. The number of benzene rings is 4. The van der Waals surface area contributed by atoms with Gasteiger partial charge in [0.1, 0.15) is 10.0 Å². The summed E-state index contributed by atoms with van der Waals surface area (Å²) in [6.07, 6.45) is 0. The number of anilines is 6. The highest BCUT2D eigenvalue weighted by molar-refractivity contribution is 7.17. The first kappa shape index (κ1) is 33.4. The molecule has 0 spiro atoms. The van der Waals surface area contributed by atoms with Crippen molar-refractivity contribution in [1.29, 1.82) is 0 Å². The molecule has 6 aromatic rings. The summed E-state index contributed by atoms with van der Waals surface area (Å²) in [4.78, 5) is 37.8. The molecule has 2 amide bonds. The molecule has 258 valence electrons. The number of thiophene rings is 2. The molecule has 0 fully saturated rings. The number of rotatable bonds is 8. The third kappa shape index (κ3) is 5.74. The minimum Gasteiger partial charge on any atom is -0.309 e. The molecule has 2 aromatic heterocycles. The normalized spacial score (nSPS) is 14.2. The fourth-order valence-corrected chi connectivity index (χ4v) is 9.11. The number of hydrogen-bond acceptors (Lipinski definition) is 6. The minimum atomic E-state index is -0.176. The van der Waals surface area contributed by atoms with Crippen LogP contribution in [0, 0.1) is 27.7 Å². The lowest BCUT2D eigenvalue weighted by Gasteiger charge is -2.24. The first-order valence-corrected chi connectivity index (χ1v) is 18.8. The van der Waals surface area contributed by atoms with Gasteiger partial charge in [-0.25, -0.2) is 0 Å². The molecular weight excluding hydrogens is 681 g/mol. The molecule has 0 aliphatic carbocycles. The van der Waals surface area contributed by atoms with Crippen LogP contribution in [0.4, 0.5) is 32.8 Å². The van der Waals surface area contributed by atoms with Gasteiger partial charge in [-0.05, 0) is 100 Å². The molecule has 0 N–H and O–H groups in total. The molecule has 8 heteroatoms. The van der Waals surface area contributed by atoms with Gasteiger partial charge in [0.2, 0.25) is 0 Å². The lowest BCUT2D eigenvalue weighted by molar-refractivity contribution is -0.123. The Bertz CT molecular complexity index is 2140. The van der Waals surface area contributed by atoms with Gasteiger partial charge in [0, 0.05) is 36.8 Å². The largest absolute Gasteiger partial charge is 0.309 e. The summed E-state index contributed by atoms with van der Waals surface area (Å²) in [5, 5.41) is 1.98. The topological polar surface area (TPSA) is 47.1 Å². The Kier molecular flexibility index (Phi) is 8.44. The predicted molar refractivity (Wildman–Crippen MR) is 216 cm³/mol. The van der Waals surface area contributed by atoms with Crippen LogP contribution in [0.15, 0.2) is 132 Å². The van der Waals surface area contributed by atoms with E-state index in [0.717, 1.165) is 42.5 Å². The van der Waals surface area contributed by atoms with Crippen LogP contribution in [-0.4, -0.2) is 35.7 Å². The van der Waals surface area contributed by atoms with Crippen molar-refractivity contribution < 1.29 is 9.59 Å². The third-order valence-corrected chi connectivity index (χ3v) is 11.8. The molecule has 52 heavy (non-hydrogen) atoms. The summed E-state index contributed by atoms with van der Waals surface area (Å²) in [6.45, 7) is 8.33. The van der Waals surface area contributed by atoms with Crippen LogP contribution >= 0.6 is 22.7 Å². The van der Waals surface area contributed by atoms with Gasteiger partial charge >= 0.3 is 0 Å². The van der Waals surface area contributed by atoms with E-state index in [2.05, 4.69) is 147 Å². The van der Waals surface area contributed by atoms with E-state index in [0.29, 0.717) is 22.5 Å². The number of fused-ring (bicyclic) bond motifs is 1. The average Bonchev–Trinajstić information content (AvgIpc) is 3.92. The van der Waals surface area contributed by atoms with Gasteiger partial charge in [-0.3, -0.25) is 9.59 Å². The highest BCUT2D eigenvalue weighted by Gasteiger charge is 2.47. The maximum Gasteiger partial charge on any atom is 0.261 e. The number of carbonyl (C=O) groups excluding carboxylic acids is 2. The molecular formula is C44H38N4O2S2. The molecule has 4 heterocycles. The van der Waals surface area contributed by atoms with Crippen LogP contribution < -0.4 is 9.80 Å². The van der Waals surface area contributed by atoms with E-state index in [1.165, 1.54) is 22.3 Å². The summed E-state index contributed by atoms with van der Waals surface area (Å²) in [7, 11) is 3.54. The van der Waals surface area contributed by atoms with E-state index in [1.54, 1.807) is 46.6 Å². The van der Waals surface area contributed by atoms with E-state index < -0.39 is 0 Å². The van der Waals surface area contributed by atoms with Crippen molar-refractivity contribution >= 4 is 78.6 Å². The molecule has 2 aliphatic heterocycles. The Labute approximate surface area is 312 Å². The number of carbonyl (C=O) groups is 2. The van der Waals surface area contributed by atoms with Gasteiger partial charge < -0.3 is 19.6 Å². The van der Waals surface area contributed by atoms with E-state index in [1.807, 2.05) is 12.1 Å². The van der Waals surface area contributed by atoms with Crippen molar-refractivity contribution in [1.82, 2.24) is 9.80 Å². The maximum absolute atomic E-state index is 14.2. The molecule has 0 bridgehead atoms. The van der Waals surface area contributed by atoms with Gasteiger partial charge in [-0.15, -0.1) is 22.7 Å².